The fourth-order valence-electron chi connectivity index (χ4n) is 1.57. The Bertz CT molecular complexity index is 435. The van der Waals surface area contributed by atoms with Crippen molar-refractivity contribution >= 4 is 5.57 Å². The number of hydrogen-bond donors (Lipinski definition) is 1. The summed E-state index contributed by atoms with van der Waals surface area (Å²) in [5.41, 5.74) is 0.0343. The van der Waals surface area contributed by atoms with Crippen molar-refractivity contribution in [1.29, 1.82) is 0 Å². The minimum Gasteiger partial charge on any atom is -0.489 e. The fraction of sp³-hybridized carbons (Fsp3) is 0.273. The molecule has 0 amide bonds. The lowest BCUT2D eigenvalue weighted by atomic mass is 10.0. The molecule has 1 N–H and O–H groups in total. The number of hydrogen-bond acceptors (Lipinski definition) is 2. The quantitative estimate of drug-likeness (QED) is 0.803. The molecule has 0 unspecified atom stereocenters. The van der Waals surface area contributed by atoms with Gasteiger partial charge in [-0.1, -0.05) is 0 Å². The van der Waals surface area contributed by atoms with E-state index in [1.54, 1.807) is 6.08 Å². The maximum Gasteiger partial charge on any atom is 0.416 e. The van der Waals surface area contributed by atoms with Crippen LogP contribution in [0, 0.1) is 0 Å². The van der Waals surface area contributed by atoms with Crippen LogP contribution in [0.15, 0.2) is 24.3 Å². The van der Waals surface area contributed by atoms with Crippen LogP contribution in [0.25, 0.3) is 5.57 Å². The number of aliphatic hydroxyl groups excluding tert-OH is 1. The summed E-state index contributed by atoms with van der Waals surface area (Å²) in [6.45, 7) is -0.0219. The van der Waals surface area contributed by atoms with Gasteiger partial charge in [0.2, 0.25) is 0 Å². The highest BCUT2D eigenvalue weighted by Gasteiger charge is 2.31. The first-order valence-corrected chi connectivity index (χ1v) is 4.66. The smallest absolute Gasteiger partial charge is 0.416 e. The highest BCUT2D eigenvalue weighted by atomic mass is 19.4. The third-order valence-corrected chi connectivity index (χ3v) is 2.39. The van der Waals surface area contributed by atoms with Crippen molar-refractivity contribution in [2.45, 2.75) is 6.18 Å². The van der Waals surface area contributed by atoms with Crippen LogP contribution in [-0.2, 0) is 6.18 Å². The zero-order valence-electron chi connectivity index (χ0n) is 8.21. The molecular formula is C11H9F3O2. The van der Waals surface area contributed by atoms with Gasteiger partial charge in [0.05, 0.1) is 12.2 Å². The monoisotopic (exact) mass is 230 g/mol. The van der Waals surface area contributed by atoms with Crippen molar-refractivity contribution in [2.75, 3.05) is 13.2 Å². The second kappa shape index (κ2) is 3.83. The van der Waals surface area contributed by atoms with Gasteiger partial charge in [-0.2, -0.15) is 13.2 Å². The van der Waals surface area contributed by atoms with Crippen molar-refractivity contribution < 1.29 is 23.0 Å². The summed E-state index contributed by atoms with van der Waals surface area (Å²) in [4.78, 5) is 0. The van der Waals surface area contributed by atoms with Crippen LogP contribution in [0.4, 0.5) is 13.2 Å². The number of alkyl halides is 3. The average molecular weight is 230 g/mol. The van der Waals surface area contributed by atoms with Crippen LogP contribution in [0.5, 0.6) is 5.75 Å². The molecule has 1 aromatic carbocycles. The summed E-state index contributed by atoms with van der Waals surface area (Å²) >= 11 is 0. The molecule has 86 valence electrons. The van der Waals surface area contributed by atoms with E-state index in [-0.39, 0.29) is 13.2 Å². The first-order chi connectivity index (χ1) is 7.52. The van der Waals surface area contributed by atoms with Gasteiger partial charge in [0.15, 0.2) is 0 Å². The average Bonchev–Trinajstić information content (AvgIpc) is 2.26. The molecular weight excluding hydrogens is 221 g/mol. The molecule has 0 atom stereocenters. The van der Waals surface area contributed by atoms with Crippen LogP contribution < -0.4 is 4.74 Å². The largest absolute Gasteiger partial charge is 0.489 e. The van der Waals surface area contributed by atoms with Gasteiger partial charge in [0.1, 0.15) is 12.4 Å². The van der Waals surface area contributed by atoms with Crippen LogP contribution in [0.2, 0.25) is 0 Å². The van der Waals surface area contributed by atoms with Gasteiger partial charge in [-0.25, -0.2) is 0 Å². The Balaban J connectivity index is 2.49. The molecule has 0 radical (unpaired) electrons. The first-order valence-electron chi connectivity index (χ1n) is 4.66. The standard InChI is InChI=1S/C11H9F3O2/c12-11(13,14)8-1-2-10-9(5-8)7(6-15)3-4-16-10/h1-3,5,15H,4,6H2. The Kier molecular flexibility index (Phi) is 2.63. The van der Waals surface area contributed by atoms with E-state index in [4.69, 9.17) is 9.84 Å². The lowest BCUT2D eigenvalue weighted by Gasteiger charge is -2.19. The summed E-state index contributed by atoms with van der Waals surface area (Å²) in [7, 11) is 0. The number of aliphatic hydroxyl groups is 1. The molecule has 0 aliphatic carbocycles. The van der Waals surface area contributed by atoms with Gasteiger partial charge in [0, 0.05) is 5.56 Å². The van der Waals surface area contributed by atoms with Crippen molar-refractivity contribution in [2.24, 2.45) is 0 Å². The third kappa shape index (κ3) is 1.90. The lowest BCUT2D eigenvalue weighted by molar-refractivity contribution is -0.137. The Labute approximate surface area is 90.0 Å². The van der Waals surface area contributed by atoms with Crippen LogP contribution in [0.1, 0.15) is 11.1 Å². The molecule has 1 aliphatic heterocycles. The molecule has 0 saturated heterocycles. The van der Waals surface area contributed by atoms with Gasteiger partial charge in [-0.05, 0) is 29.8 Å². The van der Waals surface area contributed by atoms with E-state index in [1.165, 1.54) is 6.07 Å². The Morgan fingerprint density at radius 2 is 2.06 bits per heavy atom. The van der Waals surface area contributed by atoms with Gasteiger partial charge in [0.25, 0.3) is 0 Å². The fourth-order valence-corrected chi connectivity index (χ4v) is 1.57. The SMILES string of the molecule is OCC1=CCOc2ccc(C(F)(F)F)cc21. The van der Waals surface area contributed by atoms with E-state index in [1.807, 2.05) is 0 Å². The first kappa shape index (κ1) is 11.0. The van der Waals surface area contributed by atoms with Crippen molar-refractivity contribution in [3.8, 4) is 5.75 Å². The topological polar surface area (TPSA) is 29.5 Å². The van der Waals surface area contributed by atoms with E-state index >= 15 is 0 Å². The zero-order valence-corrected chi connectivity index (χ0v) is 8.21. The predicted octanol–water partition coefficient (Wildman–Crippen LogP) is 2.47. The van der Waals surface area contributed by atoms with E-state index in [0.717, 1.165) is 12.1 Å². The molecule has 0 bridgehead atoms. The lowest BCUT2D eigenvalue weighted by Crippen LogP contribution is -2.10. The number of benzene rings is 1. The van der Waals surface area contributed by atoms with Gasteiger partial charge >= 0.3 is 6.18 Å². The number of rotatable bonds is 1. The minimum atomic E-state index is -4.38. The zero-order chi connectivity index (χ0) is 11.8. The maximum absolute atomic E-state index is 12.5. The van der Waals surface area contributed by atoms with Crippen molar-refractivity contribution in [3.05, 3.63) is 35.4 Å². The Morgan fingerprint density at radius 1 is 1.31 bits per heavy atom. The molecule has 5 heteroatoms. The highest BCUT2D eigenvalue weighted by Crippen LogP contribution is 2.36. The molecule has 1 aliphatic rings. The molecule has 2 nitrogen and oxygen atoms in total. The molecule has 0 aromatic heterocycles. The third-order valence-electron chi connectivity index (χ3n) is 2.39. The summed E-state index contributed by atoms with van der Waals surface area (Å²) in [5.74, 6) is 0.375. The van der Waals surface area contributed by atoms with Gasteiger partial charge < -0.3 is 9.84 Å². The summed E-state index contributed by atoms with van der Waals surface area (Å²) < 4.78 is 42.6. The van der Waals surface area contributed by atoms with Crippen molar-refractivity contribution in [3.63, 3.8) is 0 Å². The summed E-state index contributed by atoms with van der Waals surface area (Å²) in [6, 6.07) is 3.25. The molecule has 1 aromatic rings. The van der Waals surface area contributed by atoms with Crippen LogP contribution in [-0.4, -0.2) is 18.3 Å². The number of fused-ring (bicyclic) bond motifs is 1. The molecule has 16 heavy (non-hydrogen) atoms. The van der Waals surface area contributed by atoms with E-state index in [0.29, 0.717) is 16.9 Å². The Hall–Kier alpha value is -1.49. The van der Waals surface area contributed by atoms with Crippen molar-refractivity contribution in [1.82, 2.24) is 0 Å². The Morgan fingerprint density at radius 3 is 2.69 bits per heavy atom. The normalized spacial score (nSPS) is 15.1. The number of halogens is 3. The predicted molar refractivity (Wildman–Crippen MR) is 52.0 cm³/mol. The second-order valence-electron chi connectivity index (χ2n) is 3.41. The van der Waals surface area contributed by atoms with E-state index < -0.39 is 11.7 Å². The van der Waals surface area contributed by atoms with Gasteiger partial charge in [-0.3, -0.25) is 0 Å². The summed E-state index contributed by atoms with van der Waals surface area (Å²) in [5, 5.41) is 9.03. The van der Waals surface area contributed by atoms with Gasteiger partial charge in [-0.15, -0.1) is 0 Å². The molecule has 0 spiro atoms. The number of ether oxygens (including phenoxy) is 1. The highest BCUT2D eigenvalue weighted by molar-refractivity contribution is 5.73. The van der Waals surface area contributed by atoms with E-state index in [2.05, 4.69) is 0 Å². The van der Waals surface area contributed by atoms with Crippen LogP contribution in [0.3, 0.4) is 0 Å². The second-order valence-corrected chi connectivity index (χ2v) is 3.41. The molecule has 2 rings (SSSR count). The molecule has 0 saturated carbocycles. The van der Waals surface area contributed by atoms with E-state index in [9.17, 15) is 13.2 Å². The van der Waals surface area contributed by atoms with Crippen LogP contribution >= 0.6 is 0 Å². The minimum absolute atomic E-state index is 0.272. The summed E-state index contributed by atoms with van der Waals surface area (Å²) in [6.07, 6.45) is -2.81. The molecule has 0 fully saturated rings. The maximum atomic E-state index is 12.5. The molecule has 1 heterocycles.